The lowest BCUT2D eigenvalue weighted by Crippen LogP contribution is -1.93. The Morgan fingerprint density at radius 2 is 1.47 bits per heavy atom. The van der Waals surface area contributed by atoms with Gasteiger partial charge in [0.05, 0.1) is 22.8 Å². The molecule has 194 valence electrons. The summed E-state index contributed by atoms with van der Waals surface area (Å²) in [7, 11) is 0. The fourth-order valence-electron chi connectivity index (χ4n) is 5.09. The molecule has 0 radical (unpaired) electrons. The van der Waals surface area contributed by atoms with E-state index in [1.54, 1.807) is 0 Å². The molecule has 0 amide bonds. The van der Waals surface area contributed by atoms with Crippen molar-refractivity contribution >= 4 is 78.5 Å². The van der Waals surface area contributed by atoms with Crippen molar-refractivity contribution in [3.63, 3.8) is 0 Å². The number of carbonyl (C=O) groups excluding carboxylic acids is 2. The molecule has 0 saturated heterocycles. The third-order valence-corrected chi connectivity index (χ3v) is 7.60. The van der Waals surface area contributed by atoms with E-state index < -0.39 is 0 Å². The summed E-state index contributed by atoms with van der Waals surface area (Å²) in [6, 6.07) is 10.2. The van der Waals surface area contributed by atoms with Crippen LogP contribution >= 0.6 is 23.2 Å². The van der Waals surface area contributed by atoms with Crippen molar-refractivity contribution in [2.75, 3.05) is 0 Å². The van der Waals surface area contributed by atoms with Crippen molar-refractivity contribution < 1.29 is 9.59 Å². The molecule has 6 nitrogen and oxygen atoms in total. The van der Waals surface area contributed by atoms with E-state index >= 15 is 0 Å². The molecule has 0 unspecified atom stereocenters. The molecule has 2 aliphatic rings. The monoisotopic (exact) mass is 546 g/mol. The maximum Gasteiger partial charge on any atom is 0.221 e. The standard InChI is InChI=1S/C30H28Cl2N4O2/c1-15-9-20-12-25-17(3)21(5-7-29(31)37)27(35-25)14-28-22(6-8-30(32)38)18(4)26(36-28)13-24-16(2)10-19(34-24)11-23(15)33-20/h9-14,33,36H,5-8H2,1-4H3. The lowest BCUT2D eigenvalue weighted by molar-refractivity contribution is -0.112. The highest BCUT2D eigenvalue weighted by molar-refractivity contribution is 6.63. The number of aryl methyl sites for hydroxylation is 3. The van der Waals surface area contributed by atoms with Gasteiger partial charge in [0, 0.05) is 34.9 Å². The Balaban J connectivity index is 1.86. The Kier molecular flexibility index (Phi) is 7.12. The summed E-state index contributed by atoms with van der Waals surface area (Å²) in [5, 5.41) is -0.763. The van der Waals surface area contributed by atoms with E-state index in [1.807, 2.05) is 39.0 Å². The molecule has 8 heteroatoms. The van der Waals surface area contributed by atoms with Crippen LogP contribution in [0.4, 0.5) is 0 Å². The van der Waals surface area contributed by atoms with Gasteiger partial charge < -0.3 is 9.97 Å². The number of nitrogens with zero attached hydrogens (tertiary/aromatic N) is 2. The first-order chi connectivity index (χ1) is 18.1. The van der Waals surface area contributed by atoms with Crippen LogP contribution in [0.25, 0.3) is 44.9 Å². The lowest BCUT2D eigenvalue weighted by Gasteiger charge is -2.03. The second kappa shape index (κ2) is 10.4. The van der Waals surface area contributed by atoms with Crippen LogP contribution in [0.1, 0.15) is 72.6 Å². The zero-order chi connectivity index (χ0) is 27.1. The van der Waals surface area contributed by atoms with E-state index in [4.69, 9.17) is 33.2 Å². The first kappa shape index (κ1) is 26.1. The minimum Gasteiger partial charge on any atom is -0.355 e. The van der Waals surface area contributed by atoms with Crippen molar-refractivity contribution in [1.29, 1.82) is 0 Å². The smallest absolute Gasteiger partial charge is 0.221 e. The molecular formula is C30H28Cl2N4O2. The highest BCUT2D eigenvalue weighted by Gasteiger charge is 2.19. The number of carbonyl (C=O) groups is 2. The normalized spacial score (nSPS) is 13.2. The van der Waals surface area contributed by atoms with Crippen LogP contribution < -0.4 is 0 Å². The van der Waals surface area contributed by atoms with Gasteiger partial charge in [-0.05, 0) is 134 Å². The van der Waals surface area contributed by atoms with Gasteiger partial charge in [0.1, 0.15) is 0 Å². The number of nitrogens with one attached hydrogen (secondary N) is 2. The van der Waals surface area contributed by atoms with Gasteiger partial charge in [0.2, 0.25) is 10.5 Å². The van der Waals surface area contributed by atoms with Crippen LogP contribution in [0.15, 0.2) is 30.3 Å². The van der Waals surface area contributed by atoms with E-state index in [9.17, 15) is 9.59 Å². The van der Waals surface area contributed by atoms with Crippen LogP contribution in [-0.2, 0) is 16.0 Å². The van der Waals surface area contributed by atoms with Crippen molar-refractivity contribution in [3.05, 3.63) is 69.8 Å². The van der Waals surface area contributed by atoms with Crippen LogP contribution in [-0.4, -0.2) is 30.4 Å². The number of fused-ring (bicyclic) bond motifs is 8. The van der Waals surface area contributed by atoms with E-state index in [2.05, 4.69) is 35.1 Å². The van der Waals surface area contributed by atoms with Gasteiger partial charge in [-0.25, -0.2) is 9.97 Å². The summed E-state index contributed by atoms with van der Waals surface area (Å²) in [4.78, 5) is 40.1. The third kappa shape index (κ3) is 5.24. The molecule has 5 heterocycles. The Morgan fingerprint density at radius 1 is 0.763 bits per heavy atom. The largest absolute Gasteiger partial charge is 0.355 e. The Labute approximate surface area is 230 Å². The van der Waals surface area contributed by atoms with Gasteiger partial charge in [0.15, 0.2) is 0 Å². The molecule has 3 aromatic rings. The molecule has 0 fully saturated rings. The molecule has 3 aromatic heterocycles. The number of H-pyrrole nitrogens is 2. The van der Waals surface area contributed by atoms with Crippen LogP contribution in [0.3, 0.4) is 0 Å². The van der Waals surface area contributed by atoms with Crippen molar-refractivity contribution in [2.45, 2.75) is 53.4 Å². The Morgan fingerprint density at radius 3 is 2.21 bits per heavy atom. The van der Waals surface area contributed by atoms with E-state index in [1.165, 1.54) is 0 Å². The minimum absolute atomic E-state index is 0.218. The first-order valence-electron chi connectivity index (χ1n) is 12.6. The van der Waals surface area contributed by atoms with Crippen molar-refractivity contribution in [1.82, 2.24) is 19.9 Å². The zero-order valence-corrected chi connectivity index (χ0v) is 23.3. The molecule has 38 heavy (non-hydrogen) atoms. The average molecular weight is 547 g/mol. The van der Waals surface area contributed by atoms with Crippen LogP contribution in [0, 0.1) is 13.8 Å². The predicted octanol–water partition coefficient (Wildman–Crippen LogP) is 7.67. The number of aromatic amines is 2. The summed E-state index contributed by atoms with van der Waals surface area (Å²) in [6.07, 6.45) is 3.49. The average Bonchev–Trinajstić information content (AvgIpc) is 3.53. The Hall–Kier alpha value is -3.48. The highest BCUT2D eigenvalue weighted by Crippen LogP contribution is 2.35. The molecule has 0 aromatic carbocycles. The van der Waals surface area contributed by atoms with Gasteiger partial charge in [-0.15, -0.1) is 0 Å². The summed E-state index contributed by atoms with van der Waals surface area (Å²) >= 11 is 11.4. The number of hydrogen-bond donors (Lipinski definition) is 2. The minimum atomic E-state index is -0.383. The fourth-order valence-corrected chi connectivity index (χ4v) is 5.28. The Bertz CT molecular complexity index is 1720. The van der Waals surface area contributed by atoms with Crippen molar-refractivity contribution in [3.8, 4) is 0 Å². The van der Waals surface area contributed by atoms with Crippen molar-refractivity contribution in [2.24, 2.45) is 0 Å². The molecule has 2 N–H and O–H groups in total. The molecule has 0 aliphatic carbocycles. The van der Waals surface area contributed by atoms with Gasteiger partial charge in [0.25, 0.3) is 0 Å². The SMILES string of the molecule is CC1=Cc2cc3[nH]c(cc4nc(cc5[nH]c(cc1n2)c(C)c5CCC(=O)Cl)C(CCC(=O)Cl)=C4C)cc3C. The quantitative estimate of drug-likeness (QED) is 0.310. The van der Waals surface area contributed by atoms with Crippen LogP contribution in [0.5, 0.6) is 0 Å². The maximum atomic E-state index is 11.6. The summed E-state index contributed by atoms with van der Waals surface area (Å²) in [5.74, 6) is 0. The van der Waals surface area contributed by atoms with E-state index in [0.717, 1.165) is 78.3 Å². The number of rotatable bonds is 6. The molecular weight excluding hydrogens is 519 g/mol. The number of hydrogen-bond acceptors (Lipinski definition) is 4. The zero-order valence-electron chi connectivity index (χ0n) is 21.8. The van der Waals surface area contributed by atoms with Gasteiger partial charge >= 0.3 is 0 Å². The second-order valence-corrected chi connectivity index (χ2v) is 10.7. The van der Waals surface area contributed by atoms with Crippen LogP contribution in [0.2, 0.25) is 0 Å². The molecule has 2 aliphatic heterocycles. The number of allylic oxidation sites excluding steroid dienone is 3. The summed E-state index contributed by atoms with van der Waals surface area (Å²) < 4.78 is 0. The maximum absolute atomic E-state index is 11.6. The topological polar surface area (TPSA) is 91.5 Å². The third-order valence-electron chi connectivity index (χ3n) is 7.22. The molecule has 5 rings (SSSR count). The predicted molar refractivity (Wildman–Crippen MR) is 156 cm³/mol. The first-order valence-corrected chi connectivity index (χ1v) is 13.3. The number of halogens is 2. The van der Waals surface area contributed by atoms with E-state index in [0.29, 0.717) is 12.8 Å². The van der Waals surface area contributed by atoms with Gasteiger partial charge in [-0.2, -0.15) is 0 Å². The fraction of sp³-hybridized carbons (Fsp3) is 0.267. The molecule has 0 saturated carbocycles. The van der Waals surface area contributed by atoms with E-state index in [-0.39, 0.29) is 23.3 Å². The van der Waals surface area contributed by atoms with Gasteiger partial charge in [-0.3, -0.25) is 9.59 Å². The summed E-state index contributed by atoms with van der Waals surface area (Å²) in [5.41, 5.74) is 13.2. The summed E-state index contributed by atoms with van der Waals surface area (Å²) in [6.45, 7) is 8.17. The highest BCUT2D eigenvalue weighted by atomic mass is 35.5. The molecule has 0 atom stereocenters. The lowest BCUT2D eigenvalue weighted by atomic mass is 10.0. The van der Waals surface area contributed by atoms with Gasteiger partial charge in [-0.1, -0.05) is 0 Å². The molecule has 0 spiro atoms. The molecule has 8 bridgehead atoms. The second-order valence-electron chi connectivity index (χ2n) is 9.90. The number of aromatic nitrogens is 4.